The number of aromatic nitrogens is 1. The molecule has 0 atom stereocenters. The molecule has 0 radical (unpaired) electrons. The molecule has 20 heavy (non-hydrogen) atoms. The Bertz CT molecular complexity index is 610. The molecule has 0 amide bonds. The lowest BCUT2D eigenvalue weighted by Gasteiger charge is -2.08. The Hall–Kier alpha value is -2.08. The summed E-state index contributed by atoms with van der Waals surface area (Å²) in [7, 11) is 1.32. The van der Waals surface area contributed by atoms with E-state index in [9.17, 15) is 4.79 Å². The van der Waals surface area contributed by atoms with E-state index < -0.39 is 5.97 Å². The topological polar surface area (TPSA) is 77.2 Å². The molecule has 0 aliphatic carbocycles. The van der Waals surface area contributed by atoms with Crippen molar-refractivity contribution < 1.29 is 9.53 Å². The number of nitrogens with two attached hydrogens (primary N) is 1. The number of nitrogens with one attached hydrogen (secondary N) is 1. The smallest absolute Gasteiger partial charge is 0.356 e. The van der Waals surface area contributed by atoms with Gasteiger partial charge in [0.1, 0.15) is 0 Å². The molecule has 0 saturated carbocycles. The summed E-state index contributed by atoms with van der Waals surface area (Å²) in [6.45, 7) is 2.76. The largest absolute Gasteiger partial charge is 0.464 e. The van der Waals surface area contributed by atoms with Crippen LogP contribution in [-0.4, -0.2) is 18.1 Å². The van der Waals surface area contributed by atoms with Gasteiger partial charge in [0.05, 0.1) is 19.3 Å². The lowest BCUT2D eigenvalue weighted by Crippen LogP contribution is -2.09. The highest BCUT2D eigenvalue weighted by Crippen LogP contribution is 2.21. The van der Waals surface area contributed by atoms with Crippen molar-refractivity contribution in [3.63, 3.8) is 0 Å². The van der Waals surface area contributed by atoms with Crippen LogP contribution in [0.2, 0.25) is 0 Å². The Morgan fingerprint density at radius 2 is 2.10 bits per heavy atom. The lowest BCUT2D eigenvalue weighted by atomic mass is 10.3. The fourth-order valence-electron chi connectivity index (χ4n) is 1.71. The molecule has 2 aromatic rings. The summed E-state index contributed by atoms with van der Waals surface area (Å²) in [5, 5.41) is 3.15. The summed E-state index contributed by atoms with van der Waals surface area (Å²) in [6.07, 6.45) is 1.03. The maximum Gasteiger partial charge on any atom is 0.356 e. The molecule has 0 aliphatic heterocycles. The monoisotopic (exact) mass is 291 g/mol. The van der Waals surface area contributed by atoms with E-state index in [4.69, 9.17) is 5.73 Å². The van der Waals surface area contributed by atoms with E-state index in [0.29, 0.717) is 18.1 Å². The number of aryl methyl sites for hydroxylation is 1. The molecule has 0 aromatic carbocycles. The minimum absolute atomic E-state index is 0.240. The third kappa shape index (κ3) is 3.27. The highest BCUT2D eigenvalue weighted by atomic mass is 32.1. The zero-order valence-electron chi connectivity index (χ0n) is 11.5. The molecule has 106 valence electrons. The summed E-state index contributed by atoms with van der Waals surface area (Å²) in [5.74, 6) is 0.0248. The van der Waals surface area contributed by atoms with E-state index >= 15 is 0 Å². The van der Waals surface area contributed by atoms with Gasteiger partial charge < -0.3 is 15.8 Å². The zero-order chi connectivity index (χ0) is 14.5. The van der Waals surface area contributed by atoms with Gasteiger partial charge in [-0.05, 0) is 30.7 Å². The molecule has 2 heterocycles. The second kappa shape index (κ2) is 6.38. The molecule has 0 spiro atoms. The Kier molecular flexibility index (Phi) is 4.57. The van der Waals surface area contributed by atoms with Crippen molar-refractivity contribution in [2.45, 2.75) is 19.9 Å². The van der Waals surface area contributed by atoms with Gasteiger partial charge in [0, 0.05) is 9.75 Å². The average molecular weight is 291 g/mol. The van der Waals surface area contributed by atoms with Crippen LogP contribution in [0, 0.1) is 0 Å². The summed E-state index contributed by atoms with van der Waals surface area (Å²) in [5.41, 5.74) is 6.60. The Labute approximate surface area is 121 Å². The van der Waals surface area contributed by atoms with Gasteiger partial charge in [-0.1, -0.05) is 6.92 Å². The number of nitrogens with zero attached hydrogens (tertiary/aromatic N) is 1. The molecular formula is C14H17N3O2S. The molecule has 3 N–H and O–H groups in total. The van der Waals surface area contributed by atoms with Crippen LogP contribution in [0.4, 0.5) is 11.5 Å². The summed E-state index contributed by atoms with van der Waals surface area (Å²) >= 11 is 1.75. The van der Waals surface area contributed by atoms with Crippen molar-refractivity contribution >= 4 is 28.8 Å². The number of thiophene rings is 1. The molecule has 0 aliphatic rings. The van der Waals surface area contributed by atoms with Crippen molar-refractivity contribution in [2.75, 3.05) is 18.2 Å². The first-order chi connectivity index (χ1) is 9.63. The second-order valence-corrected chi connectivity index (χ2v) is 5.45. The first-order valence-electron chi connectivity index (χ1n) is 6.30. The Balaban J connectivity index is 2.10. The quantitative estimate of drug-likeness (QED) is 0.828. The minimum Gasteiger partial charge on any atom is -0.464 e. The van der Waals surface area contributed by atoms with Crippen molar-refractivity contribution in [1.29, 1.82) is 0 Å². The number of hydrogen-bond donors (Lipinski definition) is 2. The number of ether oxygens (including phenoxy) is 1. The third-order valence-electron chi connectivity index (χ3n) is 2.82. The van der Waals surface area contributed by atoms with E-state index in [1.54, 1.807) is 23.5 Å². The number of nitrogen functional groups attached to an aromatic ring is 1. The Morgan fingerprint density at radius 1 is 1.35 bits per heavy atom. The maximum absolute atomic E-state index is 11.4. The van der Waals surface area contributed by atoms with Crippen LogP contribution < -0.4 is 11.1 Å². The molecule has 6 heteroatoms. The number of hydrogen-bond acceptors (Lipinski definition) is 6. The molecule has 2 aromatic heterocycles. The number of esters is 1. The van der Waals surface area contributed by atoms with E-state index in [2.05, 4.69) is 34.1 Å². The standard InChI is InChI=1S/C14H17N3O2S/c1-3-9-4-5-10(20-9)8-16-13-11(15)6-7-12(17-13)14(18)19-2/h4-7H,3,8,15H2,1-2H3,(H,16,17). The third-order valence-corrected chi connectivity index (χ3v) is 4.05. The van der Waals surface area contributed by atoms with E-state index in [0.717, 1.165) is 6.42 Å². The Morgan fingerprint density at radius 3 is 2.75 bits per heavy atom. The van der Waals surface area contributed by atoms with Gasteiger partial charge >= 0.3 is 5.97 Å². The van der Waals surface area contributed by atoms with Crippen LogP contribution in [-0.2, 0) is 17.7 Å². The predicted molar refractivity (Wildman–Crippen MR) is 81.0 cm³/mol. The van der Waals surface area contributed by atoms with E-state index in [-0.39, 0.29) is 5.69 Å². The molecule has 0 saturated heterocycles. The van der Waals surface area contributed by atoms with Crippen LogP contribution in [0.3, 0.4) is 0 Å². The van der Waals surface area contributed by atoms with Crippen LogP contribution in [0.5, 0.6) is 0 Å². The molecular weight excluding hydrogens is 274 g/mol. The van der Waals surface area contributed by atoms with Crippen molar-refractivity contribution in [2.24, 2.45) is 0 Å². The summed E-state index contributed by atoms with van der Waals surface area (Å²) < 4.78 is 4.64. The molecule has 0 fully saturated rings. The summed E-state index contributed by atoms with van der Waals surface area (Å²) in [4.78, 5) is 18.2. The zero-order valence-corrected chi connectivity index (χ0v) is 12.3. The van der Waals surface area contributed by atoms with E-state index in [1.165, 1.54) is 16.9 Å². The number of methoxy groups -OCH3 is 1. The normalized spacial score (nSPS) is 10.3. The van der Waals surface area contributed by atoms with Gasteiger partial charge in [0.2, 0.25) is 0 Å². The van der Waals surface area contributed by atoms with Crippen LogP contribution >= 0.6 is 11.3 Å². The molecule has 0 unspecified atom stereocenters. The summed E-state index contributed by atoms with van der Waals surface area (Å²) in [6, 6.07) is 7.39. The number of anilines is 2. The SMILES string of the molecule is CCc1ccc(CNc2nc(C(=O)OC)ccc2N)s1. The highest BCUT2D eigenvalue weighted by Gasteiger charge is 2.10. The number of carbonyl (C=O) groups is 1. The minimum atomic E-state index is -0.475. The van der Waals surface area contributed by atoms with Crippen molar-refractivity contribution in [3.8, 4) is 0 Å². The van der Waals surface area contributed by atoms with Gasteiger partial charge in [-0.15, -0.1) is 11.3 Å². The number of pyridine rings is 1. The number of carbonyl (C=O) groups excluding carboxylic acids is 1. The second-order valence-electron chi connectivity index (χ2n) is 4.20. The number of rotatable bonds is 5. The molecule has 2 rings (SSSR count). The van der Waals surface area contributed by atoms with Crippen molar-refractivity contribution in [1.82, 2.24) is 4.98 Å². The van der Waals surface area contributed by atoms with Gasteiger partial charge in [0.15, 0.2) is 11.5 Å². The van der Waals surface area contributed by atoms with Gasteiger partial charge in [-0.25, -0.2) is 9.78 Å². The van der Waals surface area contributed by atoms with Crippen LogP contribution in [0.15, 0.2) is 24.3 Å². The average Bonchev–Trinajstić information content (AvgIpc) is 2.93. The fourth-order valence-corrected chi connectivity index (χ4v) is 2.61. The molecule has 0 bridgehead atoms. The fraction of sp³-hybridized carbons (Fsp3) is 0.286. The molecule has 5 nitrogen and oxygen atoms in total. The highest BCUT2D eigenvalue weighted by molar-refractivity contribution is 7.12. The predicted octanol–water partition coefficient (Wildman–Crippen LogP) is 2.69. The maximum atomic E-state index is 11.4. The lowest BCUT2D eigenvalue weighted by molar-refractivity contribution is 0.0594. The first kappa shape index (κ1) is 14.3. The van der Waals surface area contributed by atoms with Gasteiger partial charge in [-0.3, -0.25) is 0 Å². The first-order valence-corrected chi connectivity index (χ1v) is 7.12. The van der Waals surface area contributed by atoms with Gasteiger partial charge in [-0.2, -0.15) is 0 Å². The van der Waals surface area contributed by atoms with Crippen LogP contribution in [0.25, 0.3) is 0 Å². The van der Waals surface area contributed by atoms with E-state index in [1.807, 2.05) is 0 Å². The van der Waals surface area contributed by atoms with Gasteiger partial charge in [0.25, 0.3) is 0 Å². The van der Waals surface area contributed by atoms with Crippen molar-refractivity contribution in [3.05, 3.63) is 39.7 Å². The van der Waals surface area contributed by atoms with Crippen LogP contribution in [0.1, 0.15) is 27.2 Å².